The molecule has 1 saturated heterocycles. The van der Waals surface area contributed by atoms with Crippen LogP contribution >= 0.6 is 0 Å². The van der Waals surface area contributed by atoms with E-state index in [1.54, 1.807) is 4.90 Å². The van der Waals surface area contributed by atoms with Crippen LogP contribution in [-0.2, 0) is 25.2 Å². The van der Waals surface area contributed by atoms with Gasteiger partial charge in [-0.15, -0.1) is 0 Å². The van der Waals surface area contributed by atoms with Gasteiger partial charge in [-0.05, 0) is 39.4 Å². The van der Waals surface area contributed by atoms with Crippen LogP contribution in [0, 0.1) is 5.92 Å². The van der Waals surface area contributed by atoms with Gasteiger partial charge in [0.2, 0.25) is 11.8 Å². The molecule has 3 atom stereocenters. The molecule has 1 heterocycles. The lowest BCUT2D eigenvalue weighted by Gasteiger charge is -2.57. The van der Waals surface area contributed by atoms with Gasteiger partial charge in [0.25, 0.3) is 8.32 Å². The first-order chi connectivity index (χ1) is 17.7. The summed E-state index contributed by atoms with van der Waals surface area (Å²) in [6, 6.07) is 7.46. The van der Waals surface area contributed by atoms with Crippen molar-refractivity contribution >= 4 is 26.1 Å². The summed E-state index contributed by atoms with van der Waals surface area (Å²) in [6.07, 6.45) is 1.57. The summed E-state index contributed by atoms with van der Waals surface area (Å²) in [5, 5.41) is 2.23. The lowest BCUT2D eigenvalue weighted by molar-refractivity contribution is -0.144. The van der Waals surface area contributed by atoms with Crippen molar-refractivity contribution in [3.8, 4) is 0 Å². The van der Waals surface area contributed by atoms with Crippen LogP contribution in [0.5, 0.6) is 0 Å². The van der Waals surface area contributed by atoms with E-state index in [1.165, 1.54) is 0 Å². The standard InChI is InChI=1S/C31H53N3O4Si/c1-21(2)25(32)27(36)34-19-15-18-24(34)26(35)33-23(20-22-16-13-12-14-17-22)28(37)38-39(29(3,4)5,30(6,7)8)31(9,10)11/h12-14,16-17,21,23-25H,15,18-20,32H2,1-11H3,(H,33,35)/t23-,24-,25-/m0/s1. The second-order valence-electron chi connectivity index (χ2n) is 14.6. The lowest BCUT2D eigenvalue weighted by Crippen LogP contribution is -2.63. The number of likely N-dealkylation sites (tertiary alicyclic amines) is 1. The SMILES string of the molecule is CC(C)[C@H](N)C(=O)N1CCC[C@H]1C(=O)N[C@@H](Cc1ccccc1)C(=O)O[Si](C(C)(C)C)(C(C)(C)C)C(C)(C)C. The summed E-state index contributed by atoms with van der Waals surface area (Å²) < 4.78 is 6.76. The average molecular weight is 560 g/mol. The Hall–Kier alpha value is -2.19. The Morgan fingerprint density at radius 1 is 0.974 bits per heavy atom. The van der Waals surface area contributed by atoms with Gasteiger partial charge in [-0.25, -0.2) is 0 Å². The Labute approximate surface area is 237 Å². The van der Waals surface area contributed by atoms with Crippen molar-refractivity contribution in [2.45, 2.75) is 129 Å². The van der Waals surface area contributed by atoms with Gasteiger partial charge in [-0.2, -0.15) is 0 Å². The third-order valence-electron chi connectivity index (χ3n) is 8.15. The van der Waals surface area contributed by atoms with Crippen LogP contribution in [0.4, 0.5) is 0 Å². The quantitative estimate of drug-likeness (QED) is 0.405. The largest absolute Gasteiger partial charge is 0.516 e. The molecule has 0 aliphatic carbocycles. The molecule has 1 aromatic carbocycles. The summed E-state index contributed by atoms with van der Waals surface area (Å²) in [6.45, 7) is 23.7. The number of carbonyl (C=O) groups is 3. The number of nitrogens with two attached hydrogens (primary N) is 1. The number of hydrogen-bond acceptors (Lipinski definition) is 5. The van der Waals surface area contributed by atoms with Crippen molar-refractivity contribution in [2.24, 2.45) is 11.7 Å². The zero-order valence-electron chi connectivity index (χ0n) is 26.2. The molecule has 1 fully saturated rings. The molecule has 8 heteroatoms. The van der Waals surface area contributed by atoms with Crippen LogP contribution in [-0.4, -0.2) is 55.7 Å². The maximum Gasteiger partial charge on any atom is 0.315 e. The fourth-order valence-corrected chi connectivity index (χ4v) is 15.3. The molecule has 0 radical (unpaired) electrons. The summed E-state index contributed by atoms with van der Waals surface area (Å²) >= 11 is 0. The van der Waals surface area contributed by atoms with E-state index in [2.05, 4.69) is 67.6 Å². The van der Waals surface area contributed by atoms with Crippen molar-refractivity contribution in [2.75, 3.05) is 6.54 Å². The van der Waals surface area contributed by atoms with E-state index in [0.717, 1.165) is 12.0 Å². The van der Waals surface area contributed by atoms with Gasteiger partial charge in [-0.1, -0.05) is 106 Å². The van der Waals surface area contributed by atoms with Gasteiger partial charge in [0.1, 0.15) is 12.1 Å². The molecular formula is C31H53N3O4Si. The van der Waals surface area contributed by atoms with Gasteiger partial charge < -0.3 is 20.4 Å². The van der Waals surface area contributed by atoms with Crippen LogP contribution in [0.25, 0.3) is 0 Å². The monoisotopic (exact) mass is 559 g/mol. The molecule has 7 nitrogen and oxygen atoms in total. The second-order valence-corrected chi connectivity index (χ2v) is 20.6. The molecule has 1 aliphatic rings. The predicted octanol–water partition coefficient (Wildman–Crippen LogP) is 5.58. The molecule has 0 spiro atoms. The Balaban J connectivity index is 2.45. The highest BCUT2D eigenvalue weighted by molar-refractivity contribution is 6.83. The first kappa shape index (κ1) is 33.0. The summed E-state index contributed by atoms with van der Waals surface area (Å²) in [4.78, 5) is 42.5. The predicted molar refractivity (Wildman–Crippen MR) is 161 cm³/mol. The molecule has 0 saturated carbocycles. The molecule has 0 bridgehead atoms. The van der Waals surface area contributed by atoms with E-state index in [9.17, 15) is 14.4 Å². The van der Waals surface area contributed by atoms with Crippen LogP contribution in [0.2, 0.25) is 15.1 Å². The molecular weight excluding hydrogens is 506 g/mol. The smallest absolute Gasteiger partial charge is 0.315 e. The number of nitrogens with zero attached hydrogens (tertiary/aromatic N) is 1. The summed E-state index contributed by atoms with van der Waals surface area (Å²) in [7, 11) is -2.87. The van der Waals surface area contributed by atoms with Crippen molar-refractivity contribution in [3.63, 3.8) is 0 Å². The lowest BCUT2D eigenvalue weighted by atomic mass is 10.0. The first-order valence-electron chi connectivity index (χ1n) is 14.4. The number of amides is 2. The number of carbonyl (C=O) groups excluding carboxylic acids is 3. The summed E-state index contributed by atoms with van der Waals surface area (Å²) in [5.41, 5.74) is 7.08. The zero-order valence-corrected chi connectivity index (χ0v) is 27.2. The van der Waals surface area contributed by atoms with Crippen molar-refractivity contribution in [1.29, 1.82) is 0 Å². The number of hydrogen-bond donors (Lipinski definition) is 2. The Kier molecular flexibility index (Phi) is 10.3. The average Bonchev–Trinajstić information content (AvgIpc) is 3.29. The van der Waals surface area contributed by atoms with Crippen molar-refractivity contribution < 1.29 is 18.8 Å². The molecule has 220 valence electrons. The maximum atomic E-state index is 14.2. The van der Waals surface area contributed by atoms with Gasteiger partial charge in [0.05, 0.1) is 6.04 Å². The van der Waals surface area contributed by atoms with Crippen LogP contribution in [0.1, 0.15) is 94.6 Å². The Morgan fingerprint density at radius 3 is 1.95 bits per heavy atom. The minimum absolute atomic E-state index is 0.0344. The van der Waals surface area contributed by atoms with E-state index in [-0.39, 0.29) is 32.8 Å². The Morgan fingerprint density at radius 2 is 1.49 bits per heavy atom. The maximum absolute atomic E-state index is 14.2. The zero-order chi connectivity index (χ0) is 30.0. The van der Waals surface area contributed by atoms with Gasteiger partial charge in [0.15, 0.2) is 0 Å². The van der Waals surface area contributed by atoms with Crippen LogP contribution < -0.4 is 11.1 Å². The van der Waals surface area contributed by atoms with E-state index in [1.807, 2.05) is 44.2 Å². The van der Waals surface area contributed by atoms with Crippen molar-refractivity contribution in [1.82, 2.24) is 10.2 Å². The van der Waals surface area contributed by atoms with E-state index in [0.29, 0.717) is 19.4 Å². The van der Waals surface area contributed by atoms with E-state index >= 15 is 0 Å². The van der Waals surface area contributed by atoms with Crippen molar-refractivity contribution in [3.05, 3.63) is 35.9 Å². The minimum Gasteiger partial charge on any atom is -0.516 e. The fraction of sp³-hybridized carbons (Fsp3) is 0.710. The fourth-order valence-electron chi connectivity index (χ4n) is 7.15. The highest BCUT2D eigenvalue weighted by Gasteiger charge is 2.64. The Bertz CT molecular complexity index is 969. The van der Waals surface area contributed by atoms with Gasteiger partial charge in [0, 0.05) is 13.0 Å². The third kappa shape index (κ3) is 7.12. The van der Waals surface area contributed by atoms with Crippen LogP contribution in [0.3, 0.4) is 0 Å². The second kappa shape index (κ2) is 12.1. The summed E-state index contributed by atoms with van der Waals surface area (Å²) in [5.74, 6) is -0.991. The molecule has 0 unspecified atom stereocenters. The van der Waals surface area contributed by atoms with E-state index in [4.69, 9.17) is 10.2 Å². The molecule has 2 amide bonds. The molecule has 39 heavy (non-hydrogen) atoms. The molecule has 2 rings (SSSR count). The molecule has 1 aromatic rings. The van der Waals surface area contributed by atoms with Gasteiger partial charge >= 0.3 is 5.97 Å². The molecule has 0 aromatic heterocycles. The topological polar surface area (TPSA) is 102 Å². The van der Waals surface area contributed by atoms with E-state index < -0.39 is 32.4 Å². The number of benzene rings is 1. The normalized spacial score (nSPS) is 18.6. The van der Waals surface area contributed by atoms with Crippen LogP contribution in [0.15, 0.2) is 30.3 Å². The highest BCUT2D eigenvalue weighted by Crippen LogP contribution is 2.62. The molecule has 3 N–H and O–H groups in total. The highest BCUT2D eigenvalue weighted by atomic mass is 28.4. The van der Waals surface area contributed by atoms with Gasteiger partial charge in [-0.3, -0.25) is 14.4 Å². The first-order valence-corrected chi connectivity index (χ1v) is 16.3. The number of rotatable bonds is 8. The molecule has 1 aliphatic heterocycles. The third-order valence-corrected chi connectivity index (χ3v) is 15.0. The number of nitrogens with one attached hydrogen (secondary N) is 1. The minimum atomic E-state index is -2.87.